The van der Waals surface area contributed by atoms with Gasteiger partial charge in [-0.15, -0.1) is 0 Å². The summed E-state index contributed by atoms with van der Waals surface area (Å²) in [5, 5.41) is 0. The Labute approximate surface area is 120 Å². The van der Waals surface area contributed by atoms with Gasteiger partial charge in [0.2, 0.25) is 0 Å². The van der Waals surface area contributed by atoms with Gasteiger partial charge in [0.05, 0.1) is 5.69 Å². The molecule has 0 atom stereocenters. The fraction of sp³-hybridized carbons (Fsp3) is 0.333. The first-order valence-corrected chi connectivity index (χ1v) is 7.09. The quantitative estimate of drug-likeness (QED) is 0.766. The minimum absolute atomic E-state index is 0.151. The number of Topliss-reactive ketones (excluding diaryl/α,β-unsaturated/α-hetero) is 1. The van der Waals surface area contributed by atoms with Crippen LogP contribution >= 0.6 is 0 Å². The minimum atomic E-state index is 0.151. The number of nitrogens with zero attached hydrogens (tertiary/aromatic N) is 1. The van der Waals surface area contributed by atoms with Gasteiger partial charge in [0.15, 0.2) is 5.78 Å². The van der Waals surface area contributed by atoms with Crippen LogP contribution in [0.15, 0.2) is 42.6 Å². The SMILES string of the molecule is Cc1ccc(CC(=O)c2cccnc2CC(C)C)cc1. The zero-order chi connectivity index (χ0) is 14.5. The second-order valence-electron chi connectivity index (χ2n) is 5.68. The molecule has 0 aliphatic carbocycles. The Morgan fingerprint density at radius 3 is 2.50 bits per heavy atom. The third-order valence-corrected chi connectivity index (χ3v) is 3.28. The van der Waals surface area contributed by atoms with Gasteiger partial charge in [-0.1, -0.05) is 43.7 Å². The zero-order valence-corrected chi connectivity index (χ0v) is 12.4. The van der Waals surface area contributed by atoms with E-state index in [1.54, 1.807) is 6.20 Å². The number of hydrogen-bond acceptors (Lipinski definition) is 2. The molecule has 104 valence electrons. The molecule has 1 aromatic carbocycles. The van der Waals surface area contributed by atoms with Gasteiger partial charge < -0.3 is 0 Å². The van der Waals surface area contributed by atoms with Gasteiger partial charge in [-0.2, -0.15) is 0 Å². The van der Waals surface area contributed by atoms with Gasteiger partial charge in [-0.3, -0.25) is 9.78 Å². The molecule has 20 heavy (non-hydrogen) atoms. The lowest BCUT2D eigenvalue weighted by Crippen LogP contribution is -2.10. The maximum absolute atomic E-state index is 12.5. The van der Waals surface area contributed by atoms with Crippen LogP contribution in [0.1, 0.15) is 41.0 Å². The summed E-state index contributed by atoms with van der Waals surface area (Å²) in [5.74, 6) is 0.647. The molecular weight excluding hydrogens is 246 g/mol. The number of rotatable bonds is 5. The van der Waals surface area contributed by atoms with Crippen molar-refractivity contribution in [2.75, 3.05) is 0 Å². The van der Waals surface area contributed by atoms with Crippen molar-refractivity contribution in [3.8, 4) is 0 Å². The summed E-state index contributed by atoms with van der Waals surface area (Å²) in [6.07, 6.45) is 3.05. The highest BCUT2D eigenvalue weighted by Gasteiger charge is 2.13. The lowest BCUT2D eigenvalue weighted by Gasteiger charge is -2.09. The predicted octanol–water partition coefficient (Wildman–Crippen LogP) is 4.01. The van der Waals surface area contributed by atoms with E-state index >= 15 is 0 Å². The Bertz CT molecular complexity index is 585. The fourth-order valence-electron chi connectivity index (χ4n) is 2.23. The second kappa shape index (κ2) is 6.47. The first-order chi connectivity index (χ1) is 9.56. The van der Waals surface area contributed by atoms with Crippen molar-refractivity contribution in [3.05, 3.63) is 65.0 Å². The highest BCUT2D eigenvalue weighted by Crippen LogP contribution is 2.14. The Morgan fingerprint density at radius 1 is 1.15 bits per heavy atom. The Kier molecular flexibility index (Phi) is 4.67. The van der Waals surface area contributed by atoms with Gasteiger partial charge in [0.25, 0.3) is 0 Å². The maximum Gasteiger partial charge on any atom is 0.169 e. The molecule has 0 aliphatic heterocycles. The monoisotopic (exact) mass is 267 g/mol. The summed E-state index contributed by atoms with van der Waals surface area (Å²) in [7, 11) is 0. The van der Waals surface area contributed by atoms with Crippen LogP contribution < -0.4 is 0 Å². The summed E-state index contributed by atoms with van der Waals surface area (Å²) < 4.78 is 0. The molecule has 0 bridgehead atoms. The average molecular weight is 267 g/mol. The minimum Gasteiger partial charge on any atom is -0.294 e. The highest BCUT2D eigenvalue weighted by molar-refractivity contribution is 5.98. The molecular formula is C18H21NO. The van der Waals surface area contributed by atoms with E-state index in [9.17, 15) is 4.79 Å². The van der Waals surface area contributed by atoms with E-state index in [1.165, 1.54) is 5.56 Å². The lowest BCUT2D eigenvalue weighted by molar-refractivity contribution is 0.0991. The van der Waals surface area contributed by atoms with E-state index in [2.05, 4.69) is 18.8 Å². The molecule has 1 aromatic heterocycles. The van der Waals surface area contributed by atoms with E-state index < -0.39 is 0 Å². The molecule has 0 aliphatic rings. The number of carbonyl (C=O) groups excluding carboxylic acids is 1. The largest absolute Gasteiger partial charge is 0.294 e. The zero-order valence-electron chi connectivity index (χ0n) is 12.4. The number of aryl methyl sites for hydroxylation is 1. The van der Waals surface area contributed by atoms with Gasteiger partial charge in [0, 0.05) is 18.2 Å². The van der Waals surface area contributed by atoms with E-state index in [0.717, 1.165) is 23.2 Å². The van der Waals surface area contributed by atoms with Crippen molar-refractivity contribution < 1.29 is 4.79 Å². The van der Waals surface area contributed by atoms with Crippen LogP contribution in [0.2, 0.25) is 0 Å². The number of pyridine rings is 1. The van der Waals surface area contributed by atoms with E-state index in [4.69, 9.17) is 0 Å². The smallest absolute Gasteiger partial charge is 0.169 e. The number of carbonyl (C=O) groups is 1. The normalized spacial score (nSPS) is 10.8. The fourth-order valence-corrected chi connectivity index (χ4v) is 2.23. The molecule has 0 saturated heterocycles. The predicted molar refractivity (Wildman–Crippen MR) is 82.0 cm³/mol. The highest BCUT2D eigenvalue weighted by atomic mass is 16.1. The first kappa shape index (κ1) is 14.4. The Balaban J connectivity index is 2.18. The summed E-state index contributed by atoms with van der Waals surface area (Å²) in [5.41, 5.74) is 3.95. The second-order valence-corrected chi connectivity index (χ2v) is 5.68. The topological polar surface area (TPSA) is 30.0 Å². The molecule has 0 spiro atoms. The standard InChI is InChI=1S/C18H21NO/c1-13(2)11-17-16(5-4-10-19-17)18(20)12-15-8-6-14(3)7-9-15/h4-10,13H,11-12H2,1-3H3. The van der Waals surface area contributed by atoms with Gasteiger partial charge >= 0.3 is 0 Å². The third-order valence-electron chi connectivity index (χ3n) is 3.28. The van der Waals surface area contributed by atoms with E-state index in [-0.39, 0.29) is 5.78 Å². The summed E-state index contributed by atoms with van der Waals surface area (Å²) >= 11 is 0. The maximum atomic E-state index is 12.5. The number of hydrogen-bond donors (Lipinski definition) is 0. The molecule has 0 radical (unpaired) electrons. The summed E-state index contributed by atoms with van der Waals surface area (Å²) in [6.45, 7) is 6.33. The molecule has 0 unspecified atom stereocenters. The third kappa shape index (κ3) is 3.77. The molecule has 2 nitrogen and oxygen atoms in total. The van der Waals surface area contributed by atoms with Crippen molar-refractivity contribution in [1.82, 2.24) is 4.98 Å². The van der Waals surface area contributed by atoms with Crippen molar-refractivity contribution in [1.29, 1.82) is 0 Å². The first-order valence-electron chi connectivity index (χ1n) is 7.09. The molecule has 0 amide bonds. The molecule has 2 heteroatoms. The summed E-state index contributed by atoms with van der Waals surface area (Å²) in [4.78, 5) is 16.8. The van der Waals surface area contributed by atoms with Crippen LogP contribution in [-0.2, 0) is 12.8 Å². The van der Waals surface area contributed by atoms with Crippen LogP contribution in [-0.4, -0.2) is 10.8 Å². The van der Waals surface area contributed by atoms with Crippen LogP contribution in [0.3, 0.4) is 0 Å². The van der Waals surface area contributed by atoms with E-state index in [0.29, 0.717) is 12.3 Å². The van der Waals surface area contributed by atoms with E-state index in [1.807, 2.05) is 43.3 Å². The number of benzene rings is 1. The molecule has 0 N–H and O–H groups in total. The summed E-state index contributed by atoms with van der Waals surface area (Å²) in [6, 6.07) is 11.9. The lowest BCUT2D eigenvalue weighted by atomic mass is 9.97. The molecule has 0 fully saturated rings. The van der Waals surface area contributed by atoms with Gasteiger partial charge in [-0.05, 0) is 37.0 Å². The Hall–Kier alpha value is -1.96. The molecule has 0 saturated carbocycles. The van der Waals surface area contributed by atoms with Crippen molar-refractivity contribution in [3.63, 3.8) is 0 Å². The Morgan fingerprint density at radius 2 is 1.85 bits per heavy atom. The van der Waals surface area contributed by atoms with Crippen LogP contribution in [0.25, 0.3) is 0 Å². The number of aromatic nitrogens is 1. The van der Waals surface area contributed by atoms with Crippen molar-refractivity contribution in [2.24, 2.45) is 5.92 Å². The van der Waals surface area contributed by atoms with Crippen LogP contribution in [0, 0.1) is 12.8 Å². The van der Waals surface area contributed by atoms with Gasteiger partial charge in [0.1, 0.15) is 0 Å². The van der Waals surface area contributed by atoms with Crippen molar-refractivity contribution in [2.45, 2.75) is 33.6 Å². The average Bonchev–Trinajstić information content (AvgIpc) is 2.41. The molecule has 2 aromatic rings. The molecule has 1 heterocycles. The van der Waals surface area contributed by atoms with Crippen molar-refractivity contribution >= 4 is 5.78 Å². The molecule has 2 rings (SSSR count). The van der Waals surface area contributed by atoms with Crippen LogP contribution in [0.5, 0.6) is 0 Å². The number of ketones is 1. The van der Waals surface area contributed by atoms with Gasteiger partial charge in [-0.25, -0.2) is 0 Å². The van der Waals surface area contributed by atoms with Crippen LogP contribution in [0.4, 0.5) is 0 Å².